The summed E-state index contributed by atoms with van der Waals surface area (Å²) in [5, 5.41) is 9.02. The molecule has 0 aliphatic carbocycles. The maximum absolute atomic E-state index is 14.5. The summed E-state index contributed by atoms with van der Waals surface area (Å²) in [6, 6.07) is 7.27. The van der Waals surface area contributed by atoms with E-state index >= 15 is 0 Å². The highest BCUT2D eigenvalue weighted by Gasteiger charge is 2.44. The topological polar surface area (TPSA) is 110 Å². The lowest BCUT2D eigenvalue weighted by atomic mass is 10.1. The minimum absolute atomic E-state index is 0.0581. The molecule has 1 aliphatic heterocycles. The van der Waals surface area contributed by atoms with Gasteiger partial charge in [-0.15, -0.1) is 0 Å². The number of amides is 1. The van der Waals surface area contributed by atoms with Gasteiger partial charge in [0.05, 0.1) is 24.6 Å². The molecule has 3 heterocycles. The van der Waals surface area contributed by atoms with Crippen LogP contribution in [-0.4, -0.2) is 51.6 Å². The van der Waals surface area contributed by atoms with Crippen LogP contribution in [0.25, 0.3) is 17.1 Å². The van der Waals surface area contributed by atoms with Gasteiger partial charge in [0.1, 0.15) is 17.7 Å². The lowest BCUT2D eigenvalue weighted by Gasteiger charge is -2.30. The maximum atomic E-state index is 14.5. The fourth-order valence-electron chi connectivity index (χ4n) is 3.99. The van der Waals surface area contributed by atoms with E-state index < -0.39 is 29.3 Å². The number of imidazole rings is 1. The summed E-state index contributed by atoms with van der Waals surface area (Å²) in [5.74, 6) is -2.04. The molecule has 0 radical (unpaired) electrons. The number of halogens is 4. The molecule has 4 rings (SSSR count). The Morgan fingerprint density at radius 3 is 2.63 bits per heavy atom. The molecule has 8 nitrogen and oxygen atoms in total. The fraction of sp³-hybridized carbons (Fsp3) is 0.304. The number of methoxy groups -OCH3 is 1. The molecule has 3 aromatic rings. The van der Waals surface area contributed by atoms with Crippen molar-refractivity contribution in [3.05, 3.63) is 59.3 Å². The first-order valence-corrected chi connectivity index (χ1v) is 10.6. The van der Waals surface area contributed by atoms with E-state index in [1.165, 1.54) is 30.2 Å². The first-order chi connectivity index (χ1) is 16.6. The number of benzene rings is 1. The van der Waals surface area contributed by atoms with Crippen LogP contribution in [0.4, 0.5) is 17.6 Å². The predicted molar refractivity (Wildman–Crippen MR) is 116 cm³/mol. The lowest BCUT2D eigenvalue weighted by molar-refractivity contribution is -0.142. The number of hydrogen-bond acceptors (Lipinski definition) is 6. The molecule has 1 aromatic carbocycles. The summed E-state index contributed by atoms with van der Waals surface area (Å²) < 4.78 is 63.5. The first kappa shape index (κ1) is 24.2. The zero-order chi connectivity index (χ0) is 25.3. The molecule has 1 amide bonds. The number of likely N-dealkylation sites (tertiary alicyclic amines) is 1. The summed E-state index contributed by atoms with van der Waals surface area (Å²) in [5.41, 5.74) is 3.35. The van der Waals surface area contributed by atoms with Gasteiger partial charge in [0.25, 0.3) is 5.91 Å². The van der Waals surface area contributed by atoms with Crippen molar-refractivity contribution < 1.29 is 27.1 Å². The highest BCUT2D eigenvalue weighted by atomic mass is 19.4. The second kappa shape index (κ2) is 9.34. The first-order valence-electron chi connectivity index (χ1n) is 10.6. The molecule has 12 heteroatoms. The molecule has 35 heavy (non-hydrogen) atoms. The van der Waals surface area contributed by atoms with Gasteiger partial charge >= 0.3 is 6.18 Å². The molecule has 0 spiro atoms. The molecule has 0 bridgehead atoms. The summed E-state index contributed by atoms with van der Waals surface area (Å²) in [4.78, 5) is 22.5. The number of nitriles is 1. The maximum Gasteiger partial charge on any atom is 0.434 e. The van der Waals surface area contributed by atoms with Crippen molar-refractivity contribution in [2.75, 3.05) is 20.2 Å². The number of ether oxygens (including phenoxy) is 1. The van der Waals surface area contributed by atoms with Gasteiger partial charge in [-0.05, 0) is 37.1 Å². The van der Waals surface area contributed by atoms with Crippen LogP contribution in [0, 0.1) is 17.1 Å². The van der Waals surface area contributed by atoms with Crippen LogP contribution in [-0.2, 0) is 6.18 Å². The number of pyridine rings is 1. The van der Waals surface area contributed by atoms with Crippen molar-refractivity contribution in [2.45, 2.75) is 25.1 Å². The van der Waals surface area contributed by atoms with Gasteiger partial charge in [0.2, 0.25) is 5.88 Å². The van der Waals surface area contributed by atoms with Gasteiger partial charge in [-0.2, -0.15) is 18.4 Å². The largest absolute Gasteiger partial charge is 0.481 e. The van der Waals surface area contributed by atoms with E-state index in [-0.39, 0.29) is 47.7 Å². The number of nitrogens with two attached hydrogens (primary N) is 1. The number of piperidine rings is 1. The van der Waals surface area contributed by atoms with Crippen LogP contribution in [0.5, 0.6) is 5.88 Å². The third-order valence-electron chi connectivity index (χ3n) is 5.63. The predicted octanol–water partition coefficient (Wildman–Crippen LogP) is 3.54. The van der Waals surface area contributed by atoms with Crippen molar-refractivity contribution >= 4 is 5.91 Å². The zero-order valence-corrected chi connectivity index (χ0v) is 18.5. The summed E-state index contributed by atoms with van der Waals surface area (Å²) >= 11 is 0. The van der Waals surface area contributed by atoms with Gasteiger partial charge in [0, 0.05) is 30.8 Å². The molecule has 0 unspecified atom stereocenters. The van der Waals surface area contributed by atoms with Crippen molar-refractivity contribution in [3.8, 4) is 29.0 Å². The van der Waals surface area contributed by atoms with Crippen molar-refractivity contribution in [1.29, 1.82) is 5.26 Å². The van der Waals surface area contributed by atoms with Gasteiger partial charge in [-0.3, -0.25) is 9.36 Å². The zero-order valence-electron chi connectivity index (χ0n) is 18.5. The van der Waals surface area contributed by atoms with Crippen LogP contribution < -0.4 is 10.5 Å². The average Bonchev–Trinajstić information content (AvgIpc) is 3.25. The fourth-order valence-corrected chi connectivity index (χ4v) is 3.99. The van der Waals surface area contributed by atoms with Gasteiger partial charge in [-0.25, -0.2) is 14.4 Å². The van der Waals surface area contributed by atoms with E-state index in [9.17, 15) is 22.4 Å². The third-order valence-corrected chi connectivity index (χ3v) is 5.63. The minimum Gasteiger partial charge on any atom is -0.481 e. The third kappa shape index (κ3) is 4.67. The van der Waals surface area contributed by atoms with Crippen LogP contribution >= 0.6 is 0 Å². The number of rotatable bonds is 4. The smallest absolute Gasteiger partial charge is 0.434 e. The summed E-state index contributed by atoms with van der Waals surface area (Å²) in [7, 11) is 1.35. The number of carbonyl (C=O) groups is 1. The Labute approximate surface area is 197 Å². The Kier molecular flexibility index (Phi) is 6.45. The van der Waals surface area contributed by atoms with Crippen LogP contribution in [0.2, 0.25) is 0 Å². The Morgan fingerprint density at radius 1 is 1.29 bits per heavy atom. The number of alkyl halides is 3. The lowest BCUT2D eigenvalue weighted by Crippen LogP contribution is -2.46. The molecule has 1 fully saturated rings. The van der Waals surface area contributed by atoms with Crippen molar-refractivity contribution in [2.24, 2.45) is 5.73 Å². The molecule has 0 saturated carbocycles. The molecule has 1 atom stereocenters. The molecule has 1 aliphatic rings. The Balaban J connectivity index is 1.97. The van der Waals surface area contributed by atoms with E-state index in [1.807, 2.05) is 0 Å². The molecule has 182 valence electrons. The van der Waals surface area contributed by atoms with E-state index in [0.29, 0.717) is 17.4 Å². The number of nitrogens with zero attached hydrogens (tertiary/aromatic N) is 5. The van der Waals surface area contributed by atoms with E-state index in [4.69, 9.17) is 15.7 Å². The Morgan fingerprint density at radius 2 is 2.06 bits per heavy atom. The summed E-state index contributed by atoms with van der Waals surface area (Å²) in [6.07, 6.45) is -2.67. The van der Waals surface area contributed by atoms with Crippen molar-refractivity contribution in [3.63, 3.8) is 0 Å². The quantitative estimate of drug-likeness (QED) is 0.563. The molecule has 2 N–H and O–H groups in total. The second-order valence-corrected chi connectivity index (χ2v) is 7.98. The monoisotopic (exact) mass is 488 g/mol. The molecule has 1 saturated heterocycles. The molecular weight excluding hydrogens is 468 g/mol. The normalized spacial score (nSPS) is 16.1. The summed E-state index contributed by atoms with van der Waals surface area (Å²) in [6.45, 7) is 0.329. The second-order valence-electron chi connectivity index (χ2n) is 7.98. The van der Waals surface area contributed by atoms with Gasteiger partial charge in [0.15, 0.2) is 11.4 Å². The number of carbonyl (C=O) groups excluding carboxylic acids is 1. The van der Waals surface area contributed by atoms with E-state index in [2.05, 4.69) is 9.97 Å². The Bertz CT molecular complexity index is 1300. The average molecular weight is 488 g/mol. The number of hydrogen-bond donors (Lipinski definition) is 1. The highest BCUT2D eigenvalue weighted by Crippen LogP contribution is 2.38. The highest BCUT2D eigenvalue weighted by molar-refractivity contribution is 5.95. The van der Waals surface area contributed by atoms with E-state index in [1.54, 1.807) is 6.07 Å². The standard InChI is InChI=1S/C23H20F4N6O2/c1-35-18-7-6-16(11-30-18)33-20(23(25,26)27)19(22(34)32-8-2-3-15(29)12-32)31-21(33)13-4-5-14(10-28)17(24)9-13/h4-7,9,11,15H,2-3,8,12,29H2,1H3/t15-/m1/s1. The van der Waals surface area contributed by atoms with E-state index in [0.717, 1.165) is 18.3 Å². The van der Waals surface area contributed by atoms with Crippen LogP contribution in [0.3, 0.4) is 0 Å². The van der Waals surface area contributed by atoms with Crippen molar-refractivity contribution in [1.82, 2.24) is 19.4 Å². The van der Waals surface area contributed by atoms with Gasteiger partial charge < -0.3 is 15.4 Å². The molecular formula is C23H20F4N6O2. The van der Waals surface area contributed by atoms with Crippen LogP contribution in [0.1, 0.15) is 34.6 Å². The van der Waals surface area contributed by atoms with Gasteiger partial charge in [-0.1, -0.05) is 0 Å². The molecule has 2 aromatic heterocycles. The SMILES string of the molecule is COc1ccc(-n2c(-c3ccc(C#N)c(F)c3)nc(C(=O)N3CCC[C@@H](N)C3)c2C(F)(F)F)cn1. The Hall–Kier alpha value is -3.98. The van der Waals surface area contributed by atoms with Crippen LogP contribution in [0.15, 0.2) is 36.5 Å². The number of aromatic nitrogens is 3. The minimum atomic E-state index is -5.00.